The summed E-state index contributed by atoms with van der Waals surface area (Å²) < 4.78 is 28.8. The van der Waals surface area contributed by atoms with E-state index in [1.54, 1.807) is 63.2 Å². The number of fused-ring (bicyclic) bond motifs is 1. The van der Waals surface area contributed by atoms with Crippen molar-refractivity contribution in [3.05, 3.63) is 84.5 Å². The number of benzene rings is 2. The van der Waals surface area contributed by atoms with Gasteiger partial charge in [0.2, 0.25) is 0 Å². The van der Waals surface area contributed by atoms with E-state index >= 15 is 0 Å². The predicted octanol–water partition coefficient (Wildman–Crippen LogP) is 2.76. The lowest BCUT2D eigenvalue weighted by Crippen LogP contribution is -2.40. The van der Waals surface area contributed by atoms with Gasteiger partial charge in [-0.2, -0.15) is 0 Å². The molecular formula is C31H30N2O8S. The molecule has 1 atom stereocenters. The zero-order chi connectivity index (χ0) is 30.2. The van der Waals surface area contributed by atoms with Gasteiger partial charge in [0.15, 0.2) is 22.9 Å². The molecule has 3 aromatic rings. The van der Waals surface area contributed by atoms with Crippen LogP contribution < -0.4 is 29.1 Å². The average Bonchev–Trinajstić information content (AvgIpc) is 3.28. The summed E-state index contributed by atoms with van der Waals surface area (Å²) in [7, 11) is 1.27. The molecule has 2 aromatic carbocycles. The highest BCUT2D eigenvalue weighted by molar-refractivity contribution is 7.07. The number of aromatic nitrogens is 1. The number of carbonyl (C=O) groups excluding carboxylic acids is 2. The SMILES string of the molecule is C#CCOc1cccc(/C=c2/sc3n(c2=O)[C@H](c2ccc(OCC(=O)OC)c(OCC)c2)C(C(=O)OCC)=C(C)N=3)c1. The highest BCUT2D eigenvalue weighted by Crippen LogP contribution is 2.36. The molecule has 218 valence electrons. The van der Waals surface area contributed by atoms with Crippen molar-refractivity contribution in [3.63, 3.8) is 0 Å². The fourth-order valence-corrected chi connectivity index (χ4v) is 5.40. The number of rotatable bonds is 11. The van der Waals surface area contributed by atoms with Crippen LogP contribution in [0.2, 0.25) is 0 Å². The molecule has 0 unspecified atom stereocenters. The normalized spacial score (nSPS) is 14.4. The minimum Gasteiger partial charge on any atom is -0.490 e. The molecule has 4 rings (SSSR count). The third-order valence-electron chi connectivity index (χ3n) is 6.15. The second-order valence-corrected chi connectivity index (χ2v) is 9.88. The second kappa shape index (κ2) is 13.7. The smallest absolute Gasteiger partial charge is 0.343 e. The molecule has 1 aliphatic heterocycles. The third kappa shape index (κ3) is 6.56. The summed E-state index contributed by atoms with van der Waals surface area (Å²) in [6, 6.07) is 11.4. The standard InChI is InChI=1S/C31H30N2O8S/c1-6-14-40-22-11-9-10-20(15-22)16-25-29(35)33-28(27(30(36)39-8-3)19(4)32-31(33)42-25)21-12-13-23(24(17-21)38-7-2)41-18-26(34)37-5/h1,9-13,15-17,28H,7-8,14,18H2,2-5H3/b25-16+/t28-/m1/s1. The molecule has 0 saturated heterocycles. The first-order valence-corrected chi connectivity index (χ1v) is 13.9. The van der Waals surface area contributed by atoms with E-state index in [1.807, 2.05) is 6.07 Å². The summed E-state index contributed by atoms with van der Waals surface area (Å²) in [5.41, 5.74) is 1.62. The quantitative estimate of drug-likeness (QED) is 0.248. The highest BCUT2D eigenvalue weighted by atomic mass is 32.1. The Morgan fingerprint density at radius 2 is 1.90 bits per heavy atom. The highest BCUT2D eigenvalue weighted by Gasteiger charge is 2.34. The fourth-order valence-electron chi connectivity index (χ4n) is 4.36. The number of hydrogen-bond donors (Lipinski definition) is 0. The Kier molecular flexibility index (Phi) is 9.83. The summed E-state index contributed by atoms with van der Waals surface area (Å²) in [6.45, 7) is 5.49. The van der Waals surface area contributed by atoms with Gasteiger partial charge >= 0.3 is 11.9 Å². The lowest BCUT2D eigenvalue weighted by molar-refractivity contribution is -0.143. The summed E-state index contributed by atoms with van der Waals surface area (Å²) in [6.07, 6.45) is 7.04. The Morgan fingerprint density at radius 3 is 2.62 bits per heavy atom. The molecule has 0 amide bonds. The van der Waals surface area contributed by atoms with Gasteiger partial charge in [-0.05, 0) is 62.2 Å². The van der Waals surface area contributed by atoms with Crippen LogP contribution in [-0.4, -0.2) is 50.0 Å². The van der Waals surface area contributed by atoms with Crippen LogP contribution >= 0.6 is 11.3 Å². The van der Waals surface area contributed by atoms with Gasteiger partial charge in [-0.3, -0.25) is 9.36 Å². The molecule has 0 fully saturated rings. The van der Waals surface area contributed by atoms with E-state index in [0.717, 1.165) is 5.56 Å². The average molecular weight is 591 g/mol. The number of ether oxygens (including phenoxy) is 5. The summed E-state index contributed by atoms with van der Waals surface area (Å²) in [5.74, 6) is 2.51. The predicted molar refractivity (Wildman–Crippen MR) is 156 cm³/mol. The van der Waals surface area contributed by atoms with Crippen LogP contribution in [0.25, 0.3) is 6.08 Å². The molecule has 0 radical (unpaired) electrons. The van der Waals surface area contributed by atoms with Gasteiger partial charge in [0, 0.05) is 0 Å². The Balaban J connectivity index is 1.87. The van der Waals surface area contributed by atoms with Gasteiger partial charge in [-0.15, -0.1) is 6.42 Å². The van der Waals surface area contributed by atoms with Crippen molar-refractivity contribution in [1.29, 1.82) is 0 Å². The van der Waals surface area contributed by atoms with Crippen molar-refractivity contribution in [1.82, 2.24) is 4.57 Å². The van der Waals surface area contributed by atoms with E-state index < -0.39 is 18.0 Å². The molecule has 11 heteroatoms. The summed E-state index contributed by atoms with van der Waals surface area (Å²) in [4.78, 5) is 43.8. The van der Waals surface area contributed by atoms with E-state index in [0.29, 0.717) is 44.4 Å². The Labute approximate surface area is 246 Å². The van der Waals surface area contributed by atoms with E-state index in [9.17, 15) is 14.4 Å². The third-order valence-corrected chi connectivity index (χ3v) is 7.13. The number of thiazole rings is 1. The van der Waals surface area contributed by atoms with Gasteiger partial charge in [-0.25, -0.2) is 14.6 Å². The number of terminal acetylenes is 1. The summed E-state index contributed by atoms with van der Waals surface area (Å²) >= 11 is 1.20. The minimum absolute atomic E-state index is 0.123. The lowest BCUT2D eigenvalue weighted by atomic mass is 9.95. The zero-order valence-corrected chi connectivity index (χ0v) is 24.5. The van der Waals surface area contributed by atoms with E-state index in [1.165, 1.54) is 23.0 Å². The number of hydrogen-bond acceptors (Lipinski definition) is 10. The Bertz CT molecular complexity index is 1750. The van der Waals surface area contributed by atoms with Crippen LogP contribution in [0, 0.1) is 12.3 Å². The molecular weight excluding hydrogens is 560 g/mol. The van der Waals surface area contributed by atoms with Gasteiger partial charge in [0.05, 0.1) is 42.2 Å². The molecule has 42 heavy (non-hydrogen) atoms. The van der Waals surface area contributed by atoms with Crippen molar-refractivity contribution in [2.75, 3.05) is 33.5 Å². The molecule has 0 N–H and O–H groups in total. The second-order valence-electron chi connectivity index (χ2n) is 8.87. The monoisotopic (exact) mass is 590 g/mol. The van der Waals surface area contributed by atoms with Crippen molar-refractivity contribution >= 4 is 29.4 Å². The number of carbonyl (C=O) groups is 2. The number of esters is 2. The number of allylic oxidation sites excluding steroid dienone is 1. The topological polar surface area (TPSA) is 115 Å². The first-order valence-electron chi connectivity index (χ1n) is 13.1. The molecule has 0 aliphatic carbocycles. The molecule has 2 heterocycles. The van der Waals surface area contributed by atoms with Crippen molar-refractivity contribution in [2.24, 2.45) is 4.99 Å². The molecule has 0 spiro atoms. The van der Waals surface area contributed by atoms with Crippen LogP contribution in [0.3, 0.4) is 0 Å². The van der Waals surface area contributed by atoms with E-state index in [2.05, 4.69) is 15.6 Å². The first kappa shape index (κ1) is 30.1. The molecule has 0 saturated carbocycles. The largest absolute Gasteiger partial charge is 0.490 e. The van der Waals surface area contributed by atoms with Crippen LogP contribution in [0.15, 0.2) is 63.5 Å². The van der Waals surface area contributed by atoms with Crippen LogP contribution in [-0.2, 0) is 19.1 Å². The Morgan fingerprint density at radius 1 is 1.10 bits per heavy atom. The number of methoxy groups -OCH3 is 1. The van der Waals surface area contributed by atoms with E-state index in [4.69, 9.17) is 25.4 Å². The van der Waals surface area contributed by atoms with Crippen LogP contribution in [0.4, 0.5) is 0 Å². The van der Waals surface area contributed by atoms with Gasteiger partial charge in [0.25, 0.3) is 5.56 Å². The fraction of sp³-hybridized carbons (Fsp3) is 0.290. The van der Waals surface area contributed by atoms with Crippen LogP contribution in [0.1, 0.15) is 37.9 Å². The van der Waals surface area contributed by atoms with Crippen molar-refractivity contribution in [2.45, 2.75) is 26.8 Å². The van der Waals surface area contributed by atoms with Crippen LogP contribution in [0.5, 0.6) is 17.2 Å². The Hall–Kier alpha value is -4.82. The van der Waals surface area contributed by atoms with Gasteiger partial charge in [0.1, 0.15) is 12.4 Å². The maximum absolute atomic E-state index is 13.9. The van der Waals surface area contributed by atoms with Crippen molar-refractivity contribution < 1.29 is 33.3 Å². The molecule has 0 bridgehead atoms. The maximum atomic E-state index is 13.9. The maximum Gasteiger partial charge on any atom is 0.343 e. The lowest BCUT2D eigenvalue weighted by Gasteiger charge is -2.25. The first-order chi connectivity index (χ1) is 20.3. The van der Waals surface area contributed by atoms with Gasteiger partial charge < -0.3 is 23.7 Å². The van der Waals surface area contributed by atoms with E-state index in [-0.39, 0.29) is 31.0 Å². The minimum atomic E-state index is -0.860. The molecule has 1 aromatic heterocycles. The van der Waals surface area contributed by atoms with Gasteiger partial charge in [-0.1, -0.05) is 35.5 Å². The van der Waals surface area contributed by atoms with Crippen molar-refractivity contribution in [3.8, 4) is 29.6 Å². The zero-order valence-electron chi connectivity index (χ0n) is 23.7. The summed E-state index contributed by atoms with van der Waals surface area (Å²) in [5, 5.41) is 0. The molecule has 1 aliphatic rings. The molecule has 10 nitrogen and oxygen atoms in total. The number of nitrogens with zero attached hydrogens (tertiary/aromatic N) is 2.